The van der Waals surface area contributed by atoms with Crippen molar-refractivity contribution in [1.82, 2.24) is 0 Å². The van der Waals surface area contributed by atoms with Gasteiger partial charge >= 0.3 is 0 Å². The SMILES string of the molecule is CCC(C)c1ccc(OC(C)OCCC23CC4CC(CC(C4)C2)C3)cc1.CCC(C)c1ccc(OC(OC(C)C)C23CC4CC(CC(C4)C2)C3)cc1.CCC(C)c1ccc(OC(OCCC2CCCCC2)C23CC4CC(CC(C4)C2)C3)cc1.CCOC(Oc1ccc(C(C)CC)cc1)C12CC3CC(CC(C3)C1)C2. The molecule has 0 N–H and O–H groups in total. The summed E-state index contributed by atoms with van der Waals surface area (Å²) in [5.41, 5.74) is 6.97. The van der Waals surface area contributed by atoms with Gasteiger partial charge in [0, 0.05) is 22.9 Å². The molecule has 0 amide bonds. The van der Waals surface area contributed by atoms with Crippen LogP contribution in [0.15, 0.2) is 97.1 Å². The summed E-state index contributed by atoms with van der Waals surface area (Å²) in [6, 6.07) is 35.0. The molecule has 0 saturated heterocycles. The Morgan fingerprint density at radius 1 is 0.315 bits per heavy atom. The molecule has 8 atom stereocenters. The predicted molar refractivity (Wildman–Crippen MR) is 442 cm³/mol. The normalized spacial score (nSPS) is 34.9. The van der Waals surface area contributed by atoms with Gasteiger partial charge in [-0.3, -0.25) is 0 Å². The largest absolute Gasteiger partial charge is 0.465 e. The first kappa shape index (κ1) is 80.5. The number of hydrogen-bond donors (Lipinski definition) is 0. The number of hydrogen-bond acceptors (Lipinski definition) is 8. The highest BCUT2D eigenvalue weighted by molar-refractivity contribution is 5.33. The van der Waals surface area contributed by atoms with Crippen molar-refractivity contribution in [1.29, 1.82) is 0 Å². The van der Waals surface area contributed by atoms with E-state index >= 15 is 0 Å². The van der Waals surface area contributed by atoms with Gasteiger partial charge in [0.1, 0.15) is 23.0 Å². The van der Waals surface area contributed by atoms with Crippen LogP contribution >= 0.6 is 0 Å². The molecule has 17 aliphatic carbocycles. The molecule has 0 heterocycles. The Bertz CT molecular complexity index is 3220. The number of benzene rings is 4. The number of rotatable bonds is 31. The third-order valence-electron chi connectivity index (χ3n) is 31.4. The van der Waals surface area contributed by atoms with Crippen LogP contribution in [0, 0.1) is 98.6 Å². The Hall–Kier alpha value is -4.08. The first-order valence-electron chi connectivity index (χ1n) is 45.8. The molecule has 8 heteroatoms. The average molecular weight is 1480 g/mol. The van der Waals surface area contributed by atoms with Crippen LogP contribution in [0.1, 0.15) is 354 Å². The summed E-state index contributed by atoms with van der Waals surface area (Å²) in [5.74, 6) is 18.5. The van der Waals surface area contributed by atoms with Gasteiger partial charge in [-0.25, -0.2) is 0 Å². The summed E-state index contributed by atoms with van der Waals surface area (Å²) in [4.78, 5) is 0. The van der Waals surface area contributed by atoms with Gasteiger partial charge in [-0.15, -0.1) is 0 Å². The van der Waals surface area contributed by atoms with E-state index in [-0.39, 0.29) is 47.5 Å². The van der Waals surface area contributed by atoms with E-state index in [1.807, 2.05) is 6.92 Å². The zero-order valence-electron chi connectivity index (χ0n) is 70.1. The maximum atomic E-state index is 6.73. The van der Waals surface area contributed by atoms with Crippen LogP contribution < -0.4 is 18.9 Å². The lowest BCUT2D eigenvalue weighted by molar-refractivity contribution is -0.227. The molecule has 108 heavy (non-hydrogen) atoms. The molecule has 4 aromatic rings. The van der Waals surface area contributed by atoms with Crippen molar-refractivity contribution in [3.63, 3.8) is 0 Å². The minimum absolute atomic E-state index is 0.0565. The van der Waals surface area contributed by atoms with Crippen LogP contribution in [-0.4, -0.2) is 51.1 Å². The summed E-state index contributed by atoms with van der Waals surface area (Å²) in [7, 11) is 0. The van der Waals surface area contributed by atoms with E-state index in [4.69, 9.17) is 37.9 Å². The van der Waals surface area contributed by atoms with Gasteiger partial charge in [0.2, 0.25) is 18.9 Å². The van der Waals surface area contributed by atoms with Crippen molar-refractivity contribution in [2.24, 2.45) is 98.6 Å². The van der Waals surface area contributed by atoms with Crippen LogP contribution in [0.5, 0.6) is 23.0 Å². The van der Waals surface area contributed by atoms with Gasteiger partial charge < -0.3 is 37.9 Å². The molecule has 16 bridgehead atoms. The lowest BCUT2D eigenvalue weighted by Crippen LogP contribution is -2.54. The van der Waals surface area contributed by atoms with Gasteiger partial charge in [-0.1, -0.05) is 136 Å². The van der Waals surface area contributed by atoms with Crippen molar-refractivity contribution in [3.8, 4) is 23.0 Å². The molecule has 8 nitrogen and oxygen atoms in total. The summed E-state index contributed by atoms with van der Waals surface area (Å²) >= 11 is 0. The minimum Gasteiger partial charge on any atom is -0.465 e. The predicted octanol–water partition coefficient (Wildman–Crippen LogP) is 27.4. The third-order valence-corrected chi connectivity index (χ3v) is 31.4. The monoisotopic (exact) mass is 1480 g/mol. The summed E-state index contributed by atoms with van der Waals surface area (Å²) in [5, 5.41) is 0. The molecule has 598 valence electrons. The molecule has 17 fully saturated rings. The summed E-state index contributed by atoms with van der Waals surface area (Å²) in [6.45, 7) is 29.0. The minimum atomic E-state index is -0.168. The summed E-state index contributed by atoms with van der Waals surface area (Å²) < 4.78 is 51.2. The van der Waals surface area contributed by atoms with Crippen molar-refractivity contribution < 1.29 is 37.9 Å². The number of ether oxygens (including phenoxy) is 8. The molecule has 4 aromatic carbocycles. The second kappa shape index (κ2) is 36.2. The zero-order valence-corrected chi connectivity index (χ0v) is 70.1. The van der Waals surface area contributed by atoms with Crippen LogP contribution in [0.25, 0.3) is 0 Å². The molecular weight excluding hydrogens is 1330 g/mol. The van der Waals surface area contributed by atoms with Crippen LogP contribution in [-0.2, 0) is 18.9 Å². The van der Waals surface area contributed by atoms with E-state index in [9.17, 15) is 0 Å². The topological polar surface area (TPSA) is 73.8 Å². The van der Waals surface area contributed by atoms with Gasteiger partial charge in [0.15, 0.2) is 6.29 Å². The molecule has 0 spiro atoms. The molecule has 0 aromatic heterocycles. The molecule has 8 unspecified atom stereocenters. The van der Waals surface area contributed by atoms with E-state index in [0.29, 0.717) is 29.1 Å². The molecule has 17 saturated carbocycles. The highest BCUT2D eigenvalue weighted by atomic mass is 16.7. The molecule has 0 radical (unpaired) electrons. The third kappa shape index (κ3) is 19.6. The Labute approximate surface area is 657 Å². The van der Waals surface area contributed by atoms with Crippen molar-refractivity contribution in [2.45, 2.75) is 363 Å². The quantitative estimate of drug-likeness (QED) is 0.0462. The average Bonchev–Trinajstić information content (AvgIpc) is 0.724. The van der Waals surface area contributed by atoms with Gasteiger partial charge in [-0.05, 0) is 397 Å². The van der Waals surface area contributed by atoms with Gasteiger partial charge in [-0.2, -0.15) is 0 Å². The van der Waals surface area contributed by atoms with E-state index in [1.165, 1.54) is 247 Å². The Balaban J connectivity index is 0.000000121. The van der Waals surface area contributed by atoms with Gasteiger partial charge in [0.05, 0.1) is 19.3 Å². The zero-order chi connectivity index (χ0) is 75.2. The Morgan fingerprint density at radius 2 is 0.602 bits per heavy atom. The van der Waals surface area contributed by atoms with Crippen LogP contribution in [0.2, 0.25) is 0 Å². The smallest absolute Gasteiger partial charge is 0.205 e. The Kier molecular flexibility index (Phi) is 27.0. The molecule has 21 rings (SSSR count). The van der Waals surface area contributed by atoms with Gasteiger partial charge in [0.25, 0.3) is 0 Å². The maximum absolute atomic E-state index is 6.73. The van der Waals surface area contributed by atoms with E-state index in [0.717, 1.165) is 120 Å². The first-order chi connectivity index (χ1) is 52.3. The molecule has 17 aliphatic rings. The van der Waals surface area contributed by atoms with E-state index in [2.05, 4.69) is 173 Å². The maximum Gasteiger partial charge on any atom is 0.205 e. The molecule has 0 aliphatic heterocycles. The summed E-state index contributed by atoms with van der Waals surface area (Å²) in [6.07, 6.45) is 48.0. The van der Waals surface area contributed by atoms with Crippen molar-refractivity contribution >= 4 is 0 Å². The van der Waals surface area contributed by atoms with Crippen molar-refractivity contribution in [3.05, 3.63) is 119 Å². The second-order valence-corrected chi connectivity index (χ2v) is 40.2. The lowest BCUT2D eigenvalue weighted by Gasteiger charge is -2.58. The van der Waals surface area contributed by atoms with Crippen LogP contribution in [0.3, 0.4) is 0 Å². The fourth-order valence-corrected chi connectivity index (χ4v) is 26.7. The van der Waals surface area contributed by atoms with Crippen LogP contribution in [0.4, 0.5) is 0 Å². The fourth-order valence-electron chi connectivity index (χ4n) is 26.7. The Morgan fingerprint density at radius 3 is 0.907 bits per heavy atom. The van der Waals surface area contributed by atoms with Crippen molar-refractivity contribution in [2.75, 3.05) is 19.8 Å². The standard InChI is InChI=1S/C29H44O2.2C24H36O2.C23H34O2/c1-3-21(2)26-9-11-27(12-10-26)31-28(30-14-13-22-7-5-4-6-8-22)29-18-23-15-24(19-29)17-25(16-23)20-29;1-5-17(4)21-6-8-22(9-7-21)26-23(25-16(2)3)24-13-18-10-19(14-24)12-20(11-18)15-24;1-4-17(2)22-5-7-23(8-6-22)26-18(3)25-10-9-24-14-19-11-20(15-24)13-21(12-19)16-24;1-4-16(3)20-6-8-21(9-7-20)25-22(24-5-2)23-13-17-10-18(14-23)12-19(11-17)15-23/h9-12,21-25,28H,3-8,13-20H2,1-2H3;6-9,16-20,23H,5,10-15H2,1-4H3;5-8,17-21H,4,9-16H2,1-3H3;6-9,16-19,22H,4-5,10-15H2,1-3H3. The lowest BCUT2D eigenvalue weighted by atomic mass is 9.49. The second-order valence-electron chi connectivity index (χ2n) is 40.2. The first-order valence-corrected chi connectivity index (χ1v) is 45.8. The highest BCUT2D eigenvalue weighted by Gasteiger charge is 2.59. The highest BCUT2D eigenvalue weighted by Crippen LogP contribution is 2.66. The van der Waals surface area contributed by atoms with E-state index in [1.54, 1.807) is 0 Å². The molecular formula is C100H150O8. The van der Waals surface area contributed by atoms with E-state index < -0.39 is 0 Å². The fraction of sp³-hybridized carbons (Fsp3) is 0.760.